The molecule has 0 radical (unpaired) electrons. The van der Waals surface area contributed by atoms with Gasteiger partial charge >= 0.3 is 0 Å². The lowest BCUT2D eigenvalue weighted by Crippen LogP contribution is -2.23. The van der Waals surface area contributed by atoms with Gasteiger partial charge in [-0.1, -0.05) is 25.1 Å². The van der Waals surface area contributed by atoms with Crippen molar-refractivity contribution in [1.29, 1.82) is 0 Å². The molecule has 1 unspecified atom stereocenters. The van der Waals surface area contributed by atoms with Gasteiger partial charge in [0.1, 0.15) is 0 Å². The lowest BCUT2D eigenvalue weighted by Gasteiger charge is -2.23. The summed E-state index contributed by atoms with van der Waals surface area (Å²) < 4.78 is 5.59. The summed E-state index contributed by atoms with van der Waals surface area (Å²) >= 11 is 0. The monoisotopic (exact) mass is 273 g/mol. The fourth-order valence-electron chi connectivity index (χ4n) is 2.63. The van der Waals surface area contributed by atoms with E-state index in [1.807, 2.05) is 31.2 Å². The van der Waals surface area contributed by atoms with Crippen molar-refractivity contribution in [3.63, 3.8) is 0 Å². The molecule has 1 N–H and O–H groups in total. The number of anilines is 1. The Balaban J connectivity index is 1.87. The zero-order valence-corrected chi connectivity index (χ0v) is 11.6. The average molecular weight is 273 g/mol. The highest BCUT2D eigenvalue weighted by molar-refractivity contribution is 5.55. The van der Waals surface area contributed by atoms with Gasteiger partial charge < -0.3 is 14.4 Å². The summed E-state index contributed by atoms with van der Waals surface area (Å²) in [5, 5.41) is 18.3. The molecule has 0 saturated heterocycles. The van der Waals surface area contributed by atoms with Crippen LogP contribution in [0.3, 0.4) is 0 Å². The Hall–Kier alpha value is -1.88. The van der Waals surface area contributed by atoms with E-state index in [1.165, 1.54) is 0 Å². The van der Waals surface area contributed by atoms with Crippen molar-refractivity contribution in [2.24, 2.45) is 0 Å². The van der Waals surface area contributed by atoms with Gasteiger partial charge in [0.2, 0.25) is 11.8 Å². The molecular weight excluding hydrogens is 254 g/mol. The Kier molecular flexibility index (Phi) is 3.69. The van der Waals surface area contributed by atoms with Crippen molar-refractivity contribution in [2.45, 2.75) is 38.8 Å². The first-order valence-electron chi connectivity index (χ1n) is 7.11. The van der Waals surface area contributed by atoms with Crippen molar-refractivity contribution in [1.82, 2.24) is 10.2 Å². The molecule has 1 aromatic heterocycles. The van der Waals surface area contributed by atoms with Crippen LogP contribution in [-0.2, 0) is 13.0 Å². The van der Waals surface area contributed by atoms with Gasteiger partial charge in [0.05, 0.1) is 12.6 Å². The molecule has 0 amide bonds. The quantitative estimate of drug-likeness (QED) is 0.930. The number of aliphatic hydroxyl groups is 1. The second-order valence-electron chi connectivity index (χ2n) is 5.08. The normalized spacial score (nSPS) is 18.7. The number of hydrogen-bond acceptors (Lipinski definition) is 5. The highest BCUT2D eigenvalue weighted by Gasteiger charge is 2.22. The van der Waals surface area contributed by atoms with Crippen LogP contribution < -0.4 is 4.90 Å². The SMILES string of the molecule is CCc1nnc(CN2CCCC(O)c3ccccc32)o1. The third-order valence-electron chi connectivity index (χ3n) is 3.68. The molecule has 0 spiro atoms. The second kappa shape index (κ2) is 5.63. The van der Waals surface area contributed by atoms with Gasteiger partial charge in [0, 0.05) is 24.2 Å². The molecule has 5 nitrogen and oxygen atoms in total. The number of nitrogens with zero attached hydrogens (tertiary/aromatic N) is 3. The maximum Gasteiger partial charge on any atom is 0.235 e. The molecule has 5 heteroatoms. The number of fused-ring (bicyclic) bond motifs is 1. The van der Waals surface area contributed by atoms with E-state index in [9.17, 15) is 5.11 Å². The van der Waals surface area contributed by atoms with Crippen molar-refractivity contribution in [2.75, 3.05) is 11.4 Å². The number of aliphatic hydroxyl groups excluding tert-OH is 1. The number of para-hydroxylation sites is 1. The van der Waals surface area contributed by atoms with Gasteiger partial charge in [-0.3, -0.25) is 0 Å². The molecule has 1 aromatic carbocycles. The summed E-state index contributed by atoms with van der Waals surface area (Å²) in [6, 6.07) is 7.99. The average Bonchev–Trinajstić information content (AvgIpc) is 2.87. The highest BCUT2D eigenvalue weighted by Crippen LogP contribution is 2.33. The largest absolute Gasteiger partial charge is 0.423 e. The molecule has 0 fully saturated rings. The maximum atomic E-state index is 10.2. The second-order valence-corrected chi connectivity index (χ2v) is 5.08. The van der Waals surface area contributed by atoms with Gasteiger partial charge in [-0.25, -0.2) is 0 Å². The third-order valence-corrected chi connectivity index (χ3v) is 3.68. The van der Waals surface area contributed by atoms with Crippen molar-refractivity contribution in [3.8, 4) is 0 Å². The maximum absolute atomic E-state index is 10.2. The molecule has 0 aliphatic carbocycles. The molecule has 1 atom stereocenters. The van der Waals surface area contributed by atoms with E-state index in [0.717, 1.165) is 37.1 Å². The van der Waals surface area contributed by atoms with Crippen LogP contribution in [0.15, 0.2) is 28.7 Å². The Bertz CT molecular complexity index is 582. The van der Waals surface area contributed by atoms with E-state index in [-0.39, 0.29) is 6.10 Å². The summed E-state index contributed by atoms with van der Waals surface area (Å²) in [6.45, 7) is 3.48. The van der Waals surface area contributed by atoms with Gasteiger partial charge in [-0.15, -0.1) is 10.2 Å². The minimum Gasteiger partial charge on any atom is -0.423 e. The zero-order chi connectivity index (χ0) is 13.9. The minimum absolute atomic E-state index is 0.384. The Morgan fingerprint density at radius 3 is 2.90 bits per heavy atom. The molecule has 0 saturated carbocycles. The number of rotatable bonds is 3. The van der Waals surface area contributed by atoms with E-state index >= 15 is 0 Å². The smallest absolute Gasteiger partial charge is 0.235 e. The lowest BCUT2D eigenvalue weighted by molar-refractivity contribution is 0.168. The minimum atomic E-state index is -0.384. The van der Waals surface area contributed by atoms with Gasteiger partial charge in [0.15, 0.2) is 0 Å². The van der Waals surface area contributed by atoms with Crippen molar-refractivity contribution < 1.29 is 9.52 Å². The van der Waals surface area contributed by atoms with E-state index in [4.69, 9.17) is 4.42 Å². The van der Waals surface area contributed by atoms with Crippen LogP contribution in [0.4, 0.5) is 5.69 Å². The van der Waals surface area contributed by atoms with Crippen LogP contribution in [0.2, 0.25) is 0 Å². The molecule has 1 aliphatic heterocycles. The molecule has 2 heterocycles. The van der Waals surface area contributed by atoms with Crippen LogP contribution in [0.1, 0.15) is 43.2 Å². The van der Waals surface area contributed by atoms with E-state index in [0.29, 0.717) is 18.3 Å². The number of benzene rings is 1. The van der Waals surface area contributed by atoms with Crippen LogP contribution in [0.5, 0.6) is 0 Å². The molecule has 106 valence electrons. The molecule has 1 aliphatic rings. The number of aryl methyl sites for hydroxylation is 1. The zero-order valence-electron chi connectivity index (χ0n) is 11.6. The topological polar surface area (TPSA) is 62.4 Å². The highest BCUT2D eigenvalue weighted by atomic mass is 16.4. The summed E-state index contributed by atoms with van der Waals surface area (Å²) in [6.07, 6.45) is 2.11. The summed E-state index contributed by atoms with van der Waals surface area (Å²) in [5.41, 5.74) is 2.05. The van der Waals surface area contributed by atoms with Gasteiger partial charge in [-0.2, -0.15) is 0 Å². The van der Waals surface area contributed by atoms with E-state index in [2.05, 4.69) is 15.1 Å². The number of hydrogen-bond donors (Lipinski definition) is 1. The third kappa shape index (κ3) is 2.54. The molecule has 0 bridgehead atoms. The van der Waals surface area contributed by atoms with Crippen LogP contribution in [0.25, 0.3) is 0 Å². The van der Waals surface area contributed by atoms with Crippen molar-refractivity contribution >= 4 is 5.69 Å². The summed E-state index contributed by atoms with van der Waals surface area (Å²) in [5.74, 6) is 1.30. The van der Waals surface area contributed by atoms with E-state index < -0.39 is 0 Å². The van der Waals surface area contributed by atoms with Crippen LogP contribution in [-0.4, -0.2) is 21.8 Å². The molecular formula is C15H19N3O2. The van der Waals surface area contributed by atoms with Crippen LogP contribution >= 0.6 is 0 Å². The molecule has 20 heavy (non-hydrogen) atoms. The Morgan fingerprint density at radius 1 is 1.30 bits per heavy atom. The van der Waals surface area contributed by atoms with Crippen molar-refractivity contribution in [3.05, 3.63) is 41.6 Å². The van der Waals surface area contributed by atoms with Crippen LogP contribution in [0, 0.1) is 0 Å². The van der Waals surface area contributed by atoms with E-state index in [1.54, 1.807) is 0 Å². The van der Waals surface area contributed by atoms with Gasteiger partial charge in [-0.05, 0) is 18.9 Å². The fraction of sp³-hybridized carbons (Fsp3) is 0.467. The predicted octanol–water partition coefficient (Wildman–Crippen LogP) is 2.47. The first kappa shape index (κ1) is 13.1. The first-order valence-corrected chi connectivity index (χ1v) is 7.11. The lowest BCUT2D eigenvalue weighted by atomic mass is 10.0. The first-order chi connectivity index (χ1) is 9.78. The fourth-order valence-corrected chi connectivity index (χ4v) is 2.63. The van der Waals surface area contributed by atoms with Gasteiger partial charge in [0.25, 0.3) is 0 Å². The Labute approximate surface area is 118 Å². The predicted molar refractivity (Wildman–Crippen MR) is 75.4 cm³/mol. The number of aromatic nitrogens is 2. The molecule has 2 aromatic rings. The standard InChI is InChI=1S/C15H19N3O2/c1-2-14-16-17-15(20-14)10-18-9-5-8-13(19)11-6-3-4-7-12(11)18/h3-4,6-7,13,19H,2,5,8-10H2,1H3. The summed E-state index contributed by atoms with van der Waals surface area (Å²) in [7, 11) is 0. The Morgan fingerprint density at radius 2 is 2.10 bits per heavy atom. The summed E-state index contributed by atoms with van der Waals surface area (Å²) in [4.78, 5) is 2.21. The molecule has 3 rings (SSSR count).